The summed E-state index contributed by atoms with van der Waals surface area (Å²) in [6, 6.07) is 7.39. The molecule has 2 N–H and O–H groups in total. The Balaban J connectivity index is 1.86. The van der Waals surface area contributed by atoms with Crippen molar-refractivity contribution < 1.29 is 5.11 Å². The fourth-order valence-corrected chi connectivity index (χ4v) is 2.70. The predicted octanol–water partition coefficient (Wildman–Crippen LogP) is 4.10. The first kappa shape index (κ1) is 16.7. The zero-order chi connectivity index (χ0) is 15.8. The zero-order valence-corrected chi connectivity index (χ0v) is 13.3. The first-order valence-electron chi connectivity index (χ1n) is 8.39. The molecule has 0 aliphatic rings. The molecule has 2 aromatic rings. The monoisotopic (exact) mass is 302 g/mol. The van der Waals surface area contributed by atoms with Crippen molar-refractivity contribution in [1.29, 1.82) is 0 Å². The van der Waals surface area contributed by atoms with Crippen molar-refractivity contribution in [3.05, 3.63) is 40.3 Å². The van der Waals surface area contributed by atoms with E-state index in [1.165, 1.54) is 32.1 Å². The summed E-state index contributed by atoms with van der Waals surface area (Å²) >= 11 is 0. The van der Waals surface area contributed by atoms with Gasteiger partial charge in [0.25, 0.3) is 5.56 Å². The Hall–Kier alpha value is -1.68. The van der Waals surface area contributed by atoms with E-state index in [2.05, 4.69) is 16.9 Å². The van der Waals surface area contributed by atoms with Gasteiger partial charge in [-0.2, -0.15) is 0 Å². The second-order valence-corrected chi connectivity index (χ2v) is 5.89. The SMILES string of the molecule is CCCCCCCCCC(O)c1nc2ccccc2[nH]c1=O. The van der Waals surface area contributed by atoms with E-state index in [0.29, 0.717) is 11.9 Å². The van der Waals surface area contributed by atoms with Gasteiger partial charge in [-0.05, 0) is 18.6 Å². The number of rotatable bonds is 9. The van der Waals surface area contributed by atoms with Gasteiger partial charge in [-0.25, -0.2) is 4.98 Å². The Morgan fingerprint density at radius 3 is 2.55 bits per heavy atom. The number of nitrogens with one attached hydrogen (secondary N) is 1. The largest absolute Gasteiger partial charge is 0.387 e. The van der Waals surface area contributed by atoms with Crippen molar-refractivity contribution in [2.45, 2.75) is 64.4 Å². The highest BCUT2D eigenvalue weighted by molar-refractivity contribution is 5.73. The van der Waals surface area contributed by atoms with Crippen molar-refractivity contribution >= 4 is 11.0 Å². The standard InChI is InChI=1S/C18H26N2O2/c1-2-3-4-5-6-7-8-13-16(21)17-18(22)20-15-12-10-9-11-14(15)19-17/h9-12,16,21H,2-8,13H2,1H3,(H,20,22). The molecule has 0 fully saturated rings. The smallest absolute Gasteiger partial charge is 0.272 e. The molecule has 0 spiro atoms. The fourth-order valence-electron chi connectivity index (χ4n) is 2.70. The van der Waals surface area contributed by atoms with Crippen LogP contribution < -0.4 is 5.56 Å². The highest BCUT2D eigenvalue weighted by atomic mass is 16.3. The summed E-state index contributed by atoms with van der Waals surface area (Å²) in [7, 11) is 0. The second-order valence-electron chi connectivity index (χ2n) is 5.89. The maximum atomic E-state index is 12.0. The number of hydrogen-bond donors (Lipinski definition) is 2. The number of hydrogen-bond acceptors (Lipinski definition) is 3. The molecule has 0 aliphatic heterocycles. The van der Waals surface area contributed by atoms with Gasteiger partial charge in [-0.15, -0.1) is 0 Å². The van der Waals surface area contributed by atoms with E-state index in [1.807, 2.05) is 24.3 Å². The molecule has 0 bridgehead atoms. The number of aliphatic hydroxyl groups excluding tert-OH is 1. The average molecular weight is 302 g/mol. The molecule has 0 radical (unpaired) electrons. The van der Waals surface area contributed by atoms with Gasteiger partial charge < -0.3 is 10.1 Å². The van der Waals surface area contributed by atoms with Crippen LogP contribution in [0.3, 0.4) is 0 Å². The molecule has 2 rings (SSSR count). The quantitative estimate of drug-likeness (QED) is 0.685. The minimum absolute atomic E-state index is 0.240. The molecule has 1 atom stereocenters. The molecule has 120 valence electrons. The number of aliphatic hydroxyl groups is 1. The second kappa shape index (κ2) is 8.69. The molecular formula is C18H26N2O2. The number of H-pyrrole nitrogens is 1. The van der Waals surface area contributed by atoms with E-state index in [9.17, 15) is 9.90 Å². The van der Waals surface area contributed by atoms with Crippen LogP contribution in [0, 0.1) is 0 Å². The van der Waals surface area contributed by atoms with Gasteiger partial charge in [0.15, 0.2) is 0 Å². The predicted molar refractivity (Wildman–Crippen MR) is 89.9 cm³/mol. The van der Waals surface area contributed by atoms with Crippen LogP contribution in [-0.2, 0) is 0 Å². The molecule has 22 heavy (non-hydrogen) atoms. The van der Waals surface area contributed by atoms with E-state index in [1.54, 1.807) is 0 Å². The third-order valence-corrected chi connectivity index (χ3v) is 4.02. The molecule has 0 amide bonds. The summed E-state index contributed by atoms with van der Waals surface area (Å²) in [6.07, 6.45) is 8.19. The van der Waals surface area contributed by atoms with Crippen LogP contribution in [0.15, 0.2) is 29.1 Å². The Morgan fingerprint density at radius 1 is 1.09 bits per heavy atom. The van der Waals surface area contributed by atoms with E-state index >= 15 is 0 Å². The lowest BCUT2D eigenvalue weighted by molar-refractivity contribution is 0.157. The summed E-state index contributed by atoms with van der Waals surface area (Å²) in [5.41, 5.74) is 1.38. The van der Waals surface area contributed by atoms with Gasteiger partial charge >= 0.3 is 0 Å². The van der Waals surface area contributed by atoms with Crippen LogP contribution in [0.4, 0.5) is 0 Å². The van der Waals surface area contributed by atoms with E-state index in [4.69, 9.17) is 0 Å². The highest BCUT2D eigenvalue weighted by Gasteiger charge is 2.14. The summed E-state index contributed by atoms with van der Waals surface area (Å²) in [5.74, 6) is 0. The molecule has 0 aliphatic carbocycles. The van der Waals surface area contributed by atoms with Crippen molar-refractivity contribution in [2.24, 2.45) is 0 Å². The minimum Gasteiger partial charge on any atom is -0.387 e. The Labute approximate surface area is 131 Å². The van der Waals surface area contributed by atoms with Crippen molar-refractivity contribution in [3.8, 4) is 0 Å². The maximum absolute atomic E-state index is 12.0. The van der Waals surface area contributed by atoms with Crippen LogP contribution >= 0.6 is 0 Å². The van der Waals surface area contributed by atoms with Gasteiger partial charge in [-0.3, -0.25) is 4.79 Å². The van der Waals surface area contributed by atoms with Gasteiger partial charge in [0.2, 0.25) is 0 Å². The normalized spacial score (nSPS) is 12.6. The molecule has 4 heteroatoms. The number of fused-ring (bicyclic) bond motifs is 1. The van der Waals surface area contributed by atoms with Gasteiger partial charge in [-0.1, -0.05) is 64.0 Å². The summed E-state index contributed by atoms with van der Waals surface area (Å²) in [4.78, 5) is 19.1. The zero-order valence-electron chi connectivity index (χ0n) is 13.3. The lowest BCUT2D eigenvalue weighted by Gasteiger charge is -2.10. The number of aromatic nitrogens is 2. The first-order valence-corrected chi connectivity index (χ1v) is 8.39. The molecule has 1 heterocycles. The van der Waals surface area contributed by atoms with Crippen LogP contribution in [-0.4, -0.2) is 15.1 Å². The number of para-hydroxylation sites is 2. The van der Waals surface area contributed by atoms with Crippen LogP contribution in [0.2, 0.25) is 0 Å². The van der Waals surface area contributed by atoms with E-state index in [0.717, 1.165) is 18.4 Å². The average Bonchev–Trinajstić information content (AvgIpc) is 2.53. The summed E-state index contributed by atoms with van der Waals surface area (Å²) in [6.45, 7) is 2.21. The summed E-state index contributed by atoms with van der Waals surface area (Å²) < 4.78 is 0. The number of unbranched alkanes of at least 4 members (excludes halogenated alkanes) is 6. The summed E-state index contributed by atoms with van der Waals surface area (Å²) in [5, 5.41) is 10.2. The maximum Gasteiger partial charge on any atom is 0.272 e. The number of benzene rings is 1. The van der Waals surface area contributed by atoms with Gasteiger partial charge in [0.05, 0.1) is 11.0 Å². The topological polar surface area (TPSA) is 66.0 Å². The van der Waals surface area contributed by atoms with E-state index in [-0.39, 0.29) is 11.3 Å². The van der Waals surface area contributed by atoms with E-state index < -0.39 is 6.10 Å². The lowest BCUT2D eigenvalue weighted by atomic mass is 10.0. The Kier molecular flexibility index (Phi) is 6.59. The van der Waals surface area contributed by atoms with Crippen molar-refractivity contribution in [1.82, 2.24) is 9.97 Å². The molecule has 1 unspecified atom stereocenters. The third-order valence-electron chi connectivity index (χ3n) is 4.02. The Morgan fingerprint density at radius 2 is 1.77 bits per heavy atom. The Bertz CT molecular complexity index is 636. The molecular weight excluding hydrogens is 276 g/mol. The van der Waals surface area contributed by atoms with Gasteiger partial charge in [0.1, 0.15) is 11.8 Å². The highest BCUT2D eigenvalue weighted by Crippen LogP contribution is 2.18. The van der Waals surface area contributed by atoms with Crippen LogP contribution in [0.5, 0.6) is 0 Å². The third kappa shape index (κ3) is 4.67. The lowest BCUT2D eigenvalue weighted by Crippen LogP contribution is -2.18. The number of aromatic amines is 1. The molecule has 1 aromatic heterocycles. The molecule has 1 aromatic carbocycles. The van der Waals surface area contributed by atoms with Gasteiger partial charge in [0, 0.05) is 0 Å². The first-order chi connectivity index (χ1) is 10.7. The molecule has 0 saturated heterocycles. The molecule has 0 saturated carbocycles. The van der Waals surface area contributed by atoms with Crippen LogP contribution in [0.25, 0.3) is 11.0 Å². The number of nitrogens with zero attached hydrogens (tertiary/aromatic N) is 1. The van der Waals surface area contributed by atoms with Crippen LogP contribution in [0.1, 0.15) is 70.1 Å². The fraction of sp³-hybridized carbons (Fsp3) is 0.556. The minimum atomic E-state index is -0.774. The van der Waals surface area contributed by atoms with Crippen molar-refractivity contribution in [3.63, 3.8) is 0 Å². The molecule has 4 nitrogen and oxygen atoms in total. The van der Waals surface area contributed by atoms with Crippen molar-refractivity contribution in [2.75, 3.05) is 0 Å².